The van der Waals surface area contributed by atoms with E-state index >= 15 is 0 Å². The van der Waals surface area contributed by atoms with Gasteiger partial charge in [0.15, 0.2) is 0 Å². The van der Waals surface area contributed by atoms with E-state index in [1.54, 1.807) is 4.90 Å². The Kier molecular flexibility index (Phi) is 7.65. The van der Waals surface area contributed by atoms with Gasteiger partial charge in [0.1, 0.15) is 17.2 Å². The number of nitrogens with zero attached hydrogens (tertiary/aromatic N) is 1. The molecule has 0 saturated carbocycles. The Morgan fingerprint density at radius 1 is 1.10 bits per heavy atom. The van der Waals surface area contributed by atoms with Crippen molar-refractivity contribution in [3.8, 4) is 0 Å². The molecule has 0 N–H and O–H groups in total. The smallest absolute Gasteiger partial charge is 0.410 e. The maximum absolute atomic E-state index is 13.6. The van der Waals surface area contributed by atoms with Gasteiger partial charge in [-0.15, -0.1) is 0 Å². The molecule has 1 amide bonds. The number of hydrogen-bond donors (Lipinski definition) is 0. The molecule has 1 aliphatic rings. The van der Waals surface area contributed by atoms with Crippen molar-refractivity contribution in [2.24, 2.45) is 0 Å². The summed E-state index contributed by atoms with van der Waals surface area (Å²) in [5.74, 6) is -1.18. The van der Waals surface area contributed by atoms with E-state index in [4.69, 9.17) is 9.47 Å². The monoisotopic (exact) mass is 431 g/mol. The molecular weight excluding hydrogens is 400 g/mol. The highest BCUT2D eigenvalue weighted by molar-refractivity contribution is 5.69. The van der Waals surface area contributed by atoms with Gasteiger partial charge in [0, 0.05) is 12.6 Å². The number of likely N-dealkylation sites (tertiary alicyclic amines) is 1. The standard InChI is InChI=1S/C25H31F2NO3/c1-25(2,3)31-24(29)28-13-7-10-22(28)23(30-17-18-8-5-4-6-9-18)12-11-19-14-20(26)16-21(27)15-19/h4-6,8-9,14-16,22-23H,7,10-13,17H2,1-3H3/t22-,23+/m1/s1. The summed E-state index contributed by atoms with van der Waals surface area (Å²) in [7, 11) is 0. The Morgan fingerprint density at radius 3 is 2.42 bits per heavy atom. The van der Waals surface area contributed by atoms with Gasteiger partial charge in [-0.2, -0.15) is 0 Å². The van der Waals surface area contributed by atoms with Crippen LogP contribution in [0.4, 0.5) is 13.6 Å². The van der Waals surface area contributed by atoms with Crippen molar-refractivity contribution in [1.82, 2.24) is 4.90 Å². The predicted molar refractivity (Wildman–Crippen MR) is 116 cm³/mol. The molecule has 1 aliphatic heterocycles. The molecule has 168 valence electrons. The fourth-order valence-electron chi connectivity index (χ4n) is 3.95. The van der Waals surface area contributed by atoms with E-state index in [9.17, 15) is 13.6 Å². The Bertz CT molecular complexity index is 847. The number of benzene rings is 2. The maximum atomic E-state index is 13.6. The zero-order chi connectivity index (χ0) is 22.4. The van der Waals surface area contributed by atoms with Crippen LogP contribution in [-0.2, 0) is 22.5 Å². The number of halogens is 2. The van der Waals surface area contributed by atoms with Crippen LogP contribution in [0.15, 0.2) is 48.5 Å². The summed E-state index contributed by atoms with van der Waals surface area (Å²) in [6.45, 7) is 6.55. The number of carbonyl (C=O) groups is 1. The van der Waals surface area contributed by atoms with E-state index in [1.807, 2.05) is 51.1 Å². The van der Waals surface area contributed by atoms with E-state index in [2.05, 4.69) is 0 Å². The zero-order valence-electron chi connectivity index (χ0n) is 18.4. The lowest BCUT2D eigenvalue weighted by atomic mass is 9.99. The van der Waals surface area contributed by atoms with E-state index < -0.39 is 17.2 Å². The van der Waals surface area contributed by atoms with Gasteiger partial charge in [-0.3, -0.25) is 0 Å². The molecule has 0 aliphatic carbocycles. The average molecular weight is 432 g/mol. The van der Waals surface area contributed by atoms with Gasteiger partial charge in [0.25, 0.3) is 0 Å². The molecule has 0 bridgehead atoms. The Labute approximate surface area is 183 Å². The first-order valence-corrected chi connectivity index (χ1v) is 10.8. The minimum Gasteiger partial charge on any atom is -0.444 e. The molecule has 2 atom stereocenters. The van der Waals surface area contributed by atoms with Crippen LogP contribution in [0.1, 0.15) is 51.2 Å². The summed E-state index contributed by atoms with van der Waals surface area (Å²) in [4.78, 5) is 14.5. The van der Waals surface area contributed by atoms with E-state index in [1.165, 1.54) is 12.1 Å². The summed E-state index contributed by atoms with van der Waals surface area (Å²) in [6.07, 6.45) is 2.04. The van der Waals surface area contributed by atoms with Crippen LogP contribution in [0.5, 0.6) is 0 Å². The maximum Gasteiger partial charge on any atom is 0.410 e. The first-order chi connectivity index (χ1) is 14.7. The zero-order valence-corrected chi connectivity index (χ0v) is 18.4. The summed E-state index contributed by atoms with van der Waals surface area (Å²) in [5, 5.41) is 0. The summed E-state index contributed by atoms with van der Waals surface area (Å²) in [6, 6.07) is 13.2. The lowest BCUT2D eigenvalue weighted by molar-refractivity contribution is -0.0292. The summed E-state index contributed by atoms with van der Waals surface area (Å²) < 4.78 is 39.1. The molecular formula is C25H31F2NO3. The van der Waals surface area contributed by atoms with Crippen LogP contribution in [0.25, 0.3) is 0 Å². The van der Waals surface area contributed by atoms with E-state index in [-0.39, 0.29) is 18.2 Å². The van der Waals surface area contributed by atoms with Gasteiger partial charge in [-0.05, 0) is 69.7 Å². The quantitative estimate of drug-likeness (QED) is 0.549. The van der Waals surface area contributed by atoms with Crippen molar-refractivity contribution in [2.75, 3.05) is 6.54 Å². The van der Waals surface area contributed by atoms with Crippen molar-refractivity contribution >= 4 is 6.09 Å². The minimum atomic E-state index is -0.590. The van der Waals surface area contributed by atoms with Crippen LogP contribution in [0.2, 0.25) is 0 Å². The van der Waals surface area contributed by atoms with Gasteiger partial charge in [0.2, 0.25) is 0 Å². The number of carbonyl (C=O) groups excluding carboxylic acids is 1. The number of amides is 1. The molecule has 31 heavy (non-hydrogen) atoms. The fourth-order valence-corrected chi connectivity index (χ4v) is 3.95. The van der Waals surface area contributed by atoms with Gasteiger partial charge >= 0.3 is 6.09 Å². The van der Waals surface area contributed by atoms with Gasteiger partial charge in [-0.1, -0.05) is 30.3 Å². The fraction of sp³-hybridized carbons (Fsp3) is 0.480. The molecule has 2 aromatic rings. The third-order valence-electron chi connectivity index (χ3n) is 5.30. The second-order valence-corrected chi connectivity index (χ2v) is 9.03. The molecule has 0 spiro atoms. The normalized spacial score (nSPS) is 17.6. The molecule has 4 nitrogen and oxygen atoms in total. The lowest BCUT2D eigenvalue weighted by Gasteiger charge is -2.33. The third kappa shape index (κ3) is 7.03. The van der Waals surface area contributed by atoms with Crippen LogP contribution in [0.3, 0.4) is 0 Å². The van der Waals surface area contributed by atoms with Crippen LogP contribution in [0, 0.1) is 11.6 Å². The SMILES string of the molecule is CC(C)(C)OC(=O)N1CCC[C@@H]1[C@H](CCc1cc(F)cc(F)c1)OCc1ccccc1. The summed E-state index contributed by atoms with van der Waals surface area (Å²) >= 11 is 0. The molecule has 0 aromatic heterocycles. The van der Waals surface area contributed by atoms with Gasteiger partial charge in [-0.25, -0.2) is 13.6 Å². The first kappa shape index (κ1) is 23.2. The van der Waals surface area contributed by atoms with Crippen molar-refractivity contribution in [3.63, 3.8) is 0 Å². The molecule has 3 rings (SSSR count). The second kappa shape index (κ2) is 10.2. The number of hydrogen-bond acceptors (Lipinski definition) is 3. The topological polar surface area (TPSA) is 38.8 Å². The second-order valence-electron chi connectivity index (χ2n) is 9.03. The predicted octanol–water partition coefficient (Wildman–Crippen LogP) is 5.88. The van der Waals surface area contributed by atoms with E-state index in [0.29, 0.717) is 31.6 Å². The van der Waals surface area contributed by atoms with Crippen LogP contribution < -0.4 is 0 Å². The highest BCUT2D eigenvalue weighted by atomic mass is 19.1. The van der Waals surface area contributed by atoms with Gasteiger partial charge < -0.3 is 14.4 Å². The minimum absolute atomic E-state index is 0.142. The Balaban J connectivity index is 1.74. The Hall–Kier alpha value is -2.47. The number of aryl methyl sites for hydroxylation is 1. The van der Waals surface area contributed by atoms with Gasteiger partial charge in [0.05, 0.1) is 18.8 Å². The highest BCUT2D eigenvalue weighted by Gasteiger charge is 2.37. The lowest BCUT2D eigenvalue weighted by Crippen LogP contribution is -2.46. The number of rotatable bonds is 7. The molecule has 2 aromatic carbocycles. The molecule has 1 saturated heterocycles. The largest absolute Gasteiger partial charge is 0.444 e. The Morgan fingerprint density at radius 2 is 1.77 bits per heavy atom. The van der Waals surface area contributed by atoms with Crippen LogP contribution >= 0.6 is 0 Å². The molecule has 6 heteroatoms. The highest BCUT2D eigenvalue weighted by Crippen LogP contribution is 2.28. The average Bonchev–Trinajstić information content (AvgIpc) is 3.17. The first-order valence-electron chi connectivity index (χ1n) is 10.8. The van der Waals surface area contributed by atoms with Crippen LogP contribution in [-0.4, -0.2) is 35.3 Å². The molecule has 1 heterocycles. The molecule has 0 unspecified atom stereocenters. The van der Waals surface area contributed by atoms with Crippen molar-refractivity contribution < 1.29 is 23.0 Å². The van der Waals surface area contributed by atoms with E-state index in [0.717, 1.165) is 24.5 Å². The van der Waals surface area contributed by atoms with Crippen molar-refractivity contribution in [2.45, 2.75) is 70.8 Å². The molecule has 1 fully saturated rings. The van der Waals surface area contributed by atoms with Crippen molar-refractivity contribution in [1.29, 1.82) is 0 Å². The molecule has 0 radical (unpaired) electrons. The summed E-state index contributed by atoms with van der Waals surface area (Å²) in [5.41, 5.74) is 1.03. The third-order valence-corrected chi connectivity index (χ3v) is 5.30. The number of ether oxygens (including phenoxy) is 2. The van der Waals surface area contributed by atoms with Crippen molar-refractivity contribution in [3.05, 3.63) is 71.3 Å².